The van der Waals surface area contributed by atoms with Crippen molar-refractivity contribution in [1.82, 2.24) is 0 Å². The van der Waals surface area contributed by atoms with Crippen LogP contribution in [0.3, 0.4) is 0 Å². The second kappa shape index (κ2) is 9.74. The maximum Gasteiger partial charge on any atom is 0.203 e. The fourth-order valence-corrected chi connectivity index (χ4v) is 3.61. The summed E-state index contributed by atoms with van der Waals surface area (Å²) in [4.78, 5) is 1.66. The molecule has 136 valence electrons. The molecule has 0 bridgehead atoms. The number of para-hydroxylation sites is 1. The molecule has 1 fully saturated rings. The average Bonchev–Trinajstić information content (AvgIpc) is 2.56. The smallest absolute Gasteiger partial charge is 0.203 e. The van der Waals surface area contributed by atoms with E-state index >= 15 is 0 Å². The van der Waals surface area contributed by atoms with Crippen LogP contribution in [0.4, 0.5) is 0 Å². The number of benzene rings is 1. The van der Waals surface area contributed by atoms with Crippen LogP contribution in [0, 0.1) is 11.8 Å². The summed E-state index contributed by atoms with van der Waals surface area (Å²) in [5, 5.41) is 0. The minimum atomic E-state index is 0.485. The summed E-state index contributed by atoms with van der Waals surface area (Å²) in [6.07, 6.45) is 1.36. The van der Waals surface area contributed by atoms with Gasteiger partial charge in [-0.2, -0.15) is 0 Å². The molecule has 1 aliphatic rings. The lowest BCUT2D eigenvalue weighted by atomic mass is 9.92. The number of quaternary nitrogens is 1. The van der Waals surface area contributed by atoms with Gasteiger partial charge in [-0.25, -0.2) is 0 Å². The molecule has 5 heteroatoms. The standard InChI is InChI=1S/C19H31NO4/c1-15-12-16(2)14-20(13-15)8-9-23-10-11-24-19-17(21-3)6-5-7-18(19)22-4/h5-7,15-16H,8-14H2,1-4H3/p+1/t15-,16+. The van der Waals surface area contributed by atoms with Crippen LogP contribution in [0.1, 0.15) is 20.3 Å². The maximum atomic E-state index is 5.79. The predicted octanol–water partition coefficient (Wildman–Crippen LogP) is 1.66. The summed E-state index contributed by atoms with van der Waals surface area (Å²) in [6, 6.07) is 5.60. The molecule has 5 nitrogen and oxygen atoms in total. The zero-order chi connectivity index (χ0) is 17.4. The van der Waals surface area contributed by atoms with E-state index in [1.807, 2.05) is 18.2 Å². The van der Waals surface area contributed by atoms with E-state index in [0.29, 0.717) is 30.5 Å². The third-order valence-electron chi connectivity index (χ3n) is 4.54. The first kappa shape index (κ1) is 18.9. The second-order valence-electron chi connectivity index (χ2n) is 6.81. The molecule has 1 aromatic rings. The number of nitrogens with one attached hydrogen (secondary N) is 1. The van der Waals surface area contributed by atoms with E-state index in [1.165, 1.54) is 19.5 Å². The van der Waals surface area contributed by atoms with Crippen molar-refractivity contribution in [2.75, 3.05) is 53.7 Å². The molecule has 1 heterocycles. The van der Waals surface area contributed by atoms with Crippen LogP contribution in [-0.4, -0.2) is 53.7 Å². The fourth-order valence-electron chi connectivity index (χ4n) is 3.61. The molecule has 0 amide bonds. The molecule has 0 saturated carbocycles. The Hall–Kier alpha value is -1.46. The highest BCUT2D eigenvalue weighted by molar-refractivity contribution is 5.51. The number of ether oxygens (including phenoxy) is 4. The van der Waals surface area contributed by atoms with Crippen molar-refractivity contribution in [3.63, 3.8) is 0 Å². The van der Waals surface area contributed by atoms with Gasteiger partial charge in [0.2, 0.25) is 5.75 Å². The molecule has 1 unspecified atom stereocenters. The summed E-state index contributed by atoms with van der Waals surface area (Å²) in [7, 11) is 3.25. The minimum absolute atomic E-state index is 0.485. The van der Waals surface area contributed by atoms with Gasteiger partial charge >= 0.3 is 0 Å². The Morgan fingerprint density at radius 2 is 1.58 bits per heavy atom. The highest BCUT2D eigenvalue weighted by Gasteiger charge is 2.24. The van der Waals surface area contributed by atoms with Crippen LogP contribution in [0.25, 0.3) is 0 Å². The van der Waals surface area contributed by atoms with Crippen molar-refractivity contribution in [3.8, 4) is 17.2 Å². The number of methoxy groups -OCH3 is 2. The zero-order valence-electron chi connectivity index (χ0n) is 15.5. The Balaban J connectivity index is 1.67. The quantitative estimate of drug-likeness (QED) is 0.696. The third-order valence-corrected chi connectivity index (χ3v) is 4.54. The second-order valence-corrected chi connectivity index (χ2v) is 6.81. The monoisotopic (exact) mass is 338 g/mol. The Morgan fingerprint density at radius 1 is 0.958 bits per heavy atom. The van der Waals surface area contributed by atoms with Gasteiger partial charge in [0.25, 0.3) is 0 Å². The first-order valence-electron chi connectivity index (χ1n) is 8.89. The van der Waals surface area contributed by atoms with Crippen molar-refractivity contribution in [2.24, 2.45) is 11.8 Å². The fraction of sp³-hybridized carbons (Fsp3) is 0.684. The number of likely N-dealkylation sites (tertiary alicyclic amines) is 1. The van der Waals surface area contributed by atoms with Crippen LogP contribution in [0.15, 0.2) is 18.2 Å². The average molecular weight is 338 g/mol. The van der Waals surface area contributed by atoms with E-state index in [4.69, 9.17) is 18.9 Å². The molecular weight excluding hydrogens is 306 g/mol. The predicted molar refractivity (Wildman–Crippen MR) is 94.4 cm³/mol. The van der Waals surface area contributed by atoms with Gasteiger partial charge in [0.05, 0.1) is 40.5 Å². The van der Waals surface area contributed by atoms with Gasteiger partial charge in [-0.05, 0) is 18.6 Å². The normalized spacial score (nSPS) is 23.8. The lowest BCUT2D eigenvalue weighted by molar-refractivity contribution is -0.912. The van der Waals surface area contributed by atoms with Gasteiger partial charge < -0.3 is 23.8 Å². The minimum Gasteiger partial charge on any atom is -0.493 e. The zero-order valence-corrected chi connectivity index (χ0v) is 15.5. The van der Waals surface area contributed by atoms with Crippen molar-refractivity contribution < 1.29 is 23.8 Å². The number of piperidine rings is 1. The van der Waals surface area contributed by atoms with Gasteiger partial charge in [0.15, 0.2) is 11.5 Å². The molecule has 1 saturated heterocycles. The van der Waals surface area contributed by atoms with Crippen LogP contribution < -0.4 is 19.1 Å². The Bertz CT molecular complexity index is 462. The Kier molecular flexibility index (Phi) is 7.66. The molecule has 24 heavy (non-hydrogen) atoms. The molecule has 2 rings (SSSR count). The van der Waals surface area contributed by atoms with Crippen molar-refractivity contribution >= 4 is 0 Å². The van der Waals surface area contributed by atoms with Gasteiger partial charge in [0, 0.05) is 11.8 Å². The van der Waals surface area contributed by atoms with E-state index in [2.05, 4.69) is 13.8 Å². The molecule has 1 aromatic carbocycles. The van der Waals surface area contributed by atoms with Crippen LogP contribution in [0.2, 0.25) is 0 Å². The topological polar surface area (TPSA) is 41.4 Å². The lowest BCUT2D eigenvalue weighted by Crippen LogP contribution is -3.14. The number of rotatable bonds is 9. The van der Waals surface area contributed by atoms with Crippen LogP contribution in [-0.2, 0) is 4.74 Å². The van der Waals surface area contributed by atoms with E-state index in [0.717, 1.165) is 25.0 Å². The summed E-state index contributed by atoms with van der Waals surface area (Å²) in [6.45, 7) is 10.1. The van der Waals surface area contributed by atoms with Gasteiger partial charge in [-0.3, -0.25) is 0 Å². The third kappa shape index (κ3) is 5.56. The maximum absolute atomic E-state index is 5.79. The van der Waals surface area contributed by atoms with Gasteiger partial charge in [0.1, 0.15) is 13.2 Å². The Morgan fingerprint density at radius 3 is 2.17 bits per heavy atom. The van der Waals surface area contributed by atoms with E-state index in [9.17, 15) is 0 Å². The molecule has 1 aliphatic heterocycles. The lowest BCUT2D eigenvalue weighted by Gasteiger charge is -2.31. The van der Waals surface area contributed by atoms with Crippen molar-refractivity contribution in [1.29, 1.82) is 0 Å². The molecule has 3 atom stereocenters. The molecule has 1 N–H and O–H groups in total. The first-order valence-corrected chi connectivity index (χ1v) is 8.89. The van der Waals surface area contributed by atoms with E-state index in [-0.39, 0.29) is 0 Å². The largest absolute Gasteiger partial charge is 0.493 e. The number of hydrogen-bond acceptors (Lipinski definition) is 4. The van der Waals surface area contributed by atoms with Crippen LogP contribution in [0.5, 0.6) is 17.2 Å². The van der Waals surface area contributed by atoms with Crippen LogP contribution >= 0.6 is 0 Å². The molecule has 0 spiro atoms. The Labute approximate surface area is 145 Å². The van der Waals surface area contributed by atoms with Crippen molar-refractivity contribution in [2.45, 2.75) is 20.3 Å². The molecule has 0 aliphatic carbocycles. The van der Waals surface area contributed by atoms with E-state index < -0.39 is 0 Å². The summed E-state index contributed by atoms with van der Waals surface area (Å²) in [5.74, 6) is 3.63. The highest BCUT2D eigenvalue weighted by Crippen LogP contribution is 2.36. The van der Waals surface area contributed by atoms with E-state index in [1.54, 1.807) is 19.1 Å². The van der Waals surface area contributed by atoms with Gasteiger partial charge in [-0.15, -0.1) is 0 Å². The summed E-state index contributed by atoms with van der Waals surface area (Å²) >= 11 is 0. The van der Waals surface area contributed by atoms with Gasteiger partial charge in [-0.1, -0.05) is 19.9 Å². The summed E-state index contributed by atoms with van der Waals surface area (Å²) in [5.41, 5.74) is 0. The number of hydrogen-bond donors (Lipinski definition) is 1. The van der Waals surface area contributed by atoms with Crippen molar-refractivity contribution in [3.05, 3.63) is 18.2 Å². The molecular formula is C19H32NO4+. The molecule has 0 radical (unpaired) electrons. The highest BCUT2D eigenvalue weighted by atomic mass is 16.6. The molecule has 0 aromatic heterocycles. The summed E-state index contributed by atoms with van der Waals surface area (Å²) < 4.78 is 22.2. The SMILES string of the molecule is COc1cccc(OC)c1OCCOCC[NH+]1C[C@H](C)C[C@H](C)C1. The first-order chi connectivity index (χ1) is 11.6.